The van der Waals surface area contributed by atoms with Gasteiger partial charge in [0.15, 0.2) is 0 Å². The molecule has 1 fully saturated rings. The zero-order valence-electron chi connectivity index (χ0n) is 14.1. The summed E-state index contributed by atoms with van der Waals surface area (Å²) in [7, 11) is 0. The molecule has 1 atom stereocenters. The number of likely N-dealkylation sites (tertiary alicyclic amines) is 1. The van der Waals surface area contributed by atoms with Crippen molar-refractivity contribution in [2.75, 3.05) is 13.1 Å². The van der Waals surface area contributed by atoms with E-state index in [0.29, 0.717) is 0 Å². The summed E-state index contributed by atoms with van der Waals surface area (Å²) in [5, 5.41) is 0. The van der Waals surface area contributed by atoms with Crippen molar-refractivity contribution < 1.29 is 9.53 Å². The summed E-state index contributed by atoms with van der Waals surface area (Å²) in [5.74, 6) is -0.266. The third kappa shape index (κ3) is 5.83. The Morgan fingerprint density at radius 2 is 2.04 bits per heavy atom. The maximum Gasteiger partial charge on any atom is 0.331 e. The van der Waals surface area contributed by atoms with E-state index in [1.54, 1.807) is 6.08 Å². The average Bonchev–Trinajstić information content (AvgIpc) is 2.61. The summed E-state index contributed by atoms with van der Waals surface area (Å²) in [6.07, 6.45) is 5.26. The number of carbonyl (C=O) groups is 1. The number of carbonyl (C=O) groups excluding carboxylic acids is 1. The molecular weight excluding hydrogens is 378 g/mol. The van der Waals surface area contributed by atoms with E-state index >= 15 is 0 Å². The van der Waals surface area contributed by atoms with Crippen LogP contribution < -0.4 is 0 Å². The largest absolute Gasteiger partial charge is 0.458 e. The molecule has 2 aromatic carbocycles. The Hall–Kier alpha value is -1.91. The first-order valence-corrected chi connectivity index (χ1v) is 9.39. The van der Waals surface area contributed by atoms with Crippen LogP contribution in [0.2, 0.25) is 0 Å². The third-order valence-electron chi connectivity index (χ3n) is 4.25. The topological polar surface area (TPSA) is 29.5 Å². The van der Waals surface area contributed by atoms with Crippen molar-refractivity contribution in [1.29, 1.82) is 0 Å². The predicted octanol–water partition coefficient (Wildman–Crippen LogP) is 4.67. The van der Waals surface area contributed by atoms with Gasteiger partial charge in [-0.05, 0) is 48.7 Å². The maximum absolute atomic E-state index is 12.1. The van der Waals surface area contributed by atoms with Crippen LogP contribution in [0.25, 0.3) is 6.08 Å². The average molecular weight is 400 g/mol. The molecule has 1 heterocycles. The summed E-state index contributed by atoms with van der Waals surface area (Å²) in [5.41, 5.74) is 2.27. The van der Waals surface area contributed by atoms with E-state index in [0.717, 1.165) is 42.5 Å². The van der Waals surface area contributed by atoms with Gasteiger partial charge >= 0.3 is 5.97 Å². The molecule has 1 aliphatic rings. The highest BCUT2D eigenvalue weighted by molar-refractivity contribution is 9.10. The number of halogens is 1. The van der Waals surface area contributed by atoms with E-state index in [-0.39, 0.29) is 12.1 Å². The van der Waals surface area contributed by atoms with Gasteiger partial charge in [-0.25, -0.2) is 4.79 Å². The van der Waals surface area contributed by atoms with Crippen LogP contribution in [0.5, 0.6) is 0 Å². The number of piperidine rings is 1. The molecule has 0 amide bonds. The van der Waals surface area contributed by atoms with Crippen LogP contribution in [0.1, 0.15) is 24.0 Å². The van der Waals surface area contributed by atoms with Crippen molar-refractivity contribution in [1.82, 2.24) is 4.90 Å². The van der Waals surface area contributed by atoms with Crippen LogP contribution in [0.15, 0.2) is 65.1 Å². The monoisotopic (exact) mass is 399 g/mol. The molecule has 130 valence electrons. The first kappa shape index (κ1) is 17.9. The Kier molecular flexibility index (Phi) is 6.42. The molecule has 0 aliphatic carbocycles. The lowest BCUT2D eigenvalue weighted by Gasteiger charge is -2.32. The van der Waals surface area contributed by atoms with Gasteiger partial charge in [0.05, 0.1) is 0 Å². The number of rotatable bonds is 5. The second-order valence-electron chi connectivity index (χ2n) is 6.31. The molecule has 1 saturated heterocycles. The van der Waals surface area contributed by atoms with Gasteiger partial charge < -0.3 is 4.74 Å². The quantitative estimate of drug-likeness (QED) is 0.540. The summed E-state index contributed by atoms with van der Waals surface area (Å²) in [4.78, 5) is 14.4. The molecule has 4 heteroatoms. The molecular formula is C21H22BrNO2. The zero-order valence-corrected chi connectivity index (χ0v) is 15.7. The molecule has 3 rings (SSSR count). The predicted molar refractivity (Wildman–Crippen MR) is 104 cm³/mol. The number of esters is 1. The van der Waals surface area contributed by atoms with E-state index in [1.807, 2.05) is 36.4 Å². The fraction of sp³-hybridized carbons (Fsp3) is 0.286. The third-order valence-corrected chi connectivity index (χ3v) is 4.74. The van der Waals surface area contributed by atoms with Crippen LogP contribution in [0, 0.1) is 0 Å². The Bertz CT molecular complexity index is 730. The minimum atomic E-state index is -0.266. The summed E-state index contributed by atoms with van der Waals surface area (Å²) < 4.78 is 6.72. The van der Waals surface area contributed by atoms with Gasteiger partial charge in [0, 0.05) is 23.6 Å². The van der Waals surface area contributed by atoms with E-state index < -0.39 is 0 Å². The van der Waals surface area contributed by atoms with Gasteiger partial charge in [-0.1, -0.05) is 58.4 Å². The van der Waals surface area contributed by atoms with E-state index in [1.165, 1.54) is 11.6 Å². The first-order valence-electron chi connectivity index (χ1n) is 8.59. The SMILES string of the molecule is O=C(/C=C/c1ccccc1)O[C@@H]1CCCN(Cc2cccc(Br)c2)C1. The lowest BCUT2D eigenvalue weighted by molar-refractivity contribution is -0.145. The first-order chi connectivity index (χ1) is 12.2. The number of hydrogen-bond acceptors (Lipinski definition) is 3. The van der Waals surface area contributed by atoms with Gasteiger partial charge in [-0.2, -0.15) is 0 Å². The number of hydrogen-bond donors (Lipinski definition) is 0. The Labute approximate surface area is 157 Å². The molecule has 0 saturated carbocycles. The van der Waals surface area contributed by atoms with Crippen molar-refractivity contribution in [3.05, 3.63) is 76.3 Å². The van der Waals surface area contributed by atoms with Gasteiger partial charge in [-0.3, -0.25) is 4.90 Å². The van der Waals surface area contributed by atoms with Crippen molar-refractivity contribution in [3.8, 4) is 0 Å². The molecule has 0 radical (unpaired) electrons. The molecule has 0 bridgehead atoms. The number of nitrogens with zero attached hydrogens (tertiary/aromatic N) is 1. The Balaban J connectivity index is 1.51. The van der Waals surface area contributed by atoms with Crippen LogP contribution in [0.4, 0.5) is 0 Å². The minimum absolute atomic E-state index is 0.0335. The zero-order chi connectivity index (χ0) is 17.5. The molecule has 0 aromatic heterocycles. The molecule has 25 heavy (non-hydrogen) atoms. The van der Waals surface area contributed by atoms with Gasteiger partial charge in [0.2, 0.25) is 0 Å². The van der Waals surface area contributed by atoms with Crippen LogP contribution >= 0.6 is 15.9 Å². The maximum atomic E-state index is 12.1. The fourth-order valence-electron chi connectivity index (χ4n) is 3.08. The summed E-state index contributed by atoms with van der Waals surface area (Å²) >= 11 is 3.51. The molecule has 0 unspecified atom stereocenters. The van der Waals surface area contributed by atoms with Crippen molar-refractivity contribution in [2.24, 2.45) is 0 Å². The van der Waals surface area contributed by atoms with E-state index in [9.17, 15) is 4.79 Å². The van der Waals surface area contributed by atoms with Crippen LogP contribution in [-0.2, 0) is 16.1 Å². The Morgan fingerprint density at radius 3 is 2.84 bits per heavy atom. The normalized spacial score (nSPS) is 18.4. The van der Waals surface area contributed by atoms with Crippen molar-refractivity contribution in [3.63, 3.8) is 0 Å². The van der Waals surface area contributed by atoms with Crippen molar-refractivity contribution >= 4 is 28.0 Å². The van der Waals surface area contributed by atoms with Gasteiger partial charge in [0.1, 0.15) is 6.10 Å². The van der Waals surface area contributed by atoms with Crippen LogP contribution in [-0.4, -0.2) is 30.1 Å². The van der Waals surface area contributed by atoms with Crippen LogP contribution in [0.3, 0.4) is 0 Å². The smallest absolute Gasteiger partial charge is 0.331 e. The fourth-order valence-corrected chi connectivity index (χ4v) is 3.53. The highest BCUT2D eigenvalue weighted by Gasteiger charge is 2.22. The standard InChI is InChI=1S/C21H22BrNO2/c22-19-9-4-8-18(14-19)15-23-13-5-10-20(16-23)25-21(24)12-11-17-6-2-1-3-7-17/h1-4,6-9,11-12,14,20H,5,10,13,15-16H2/b12-11+/t20-/m1/s1. The molecule has 0 spiro atoms. The van der Waals surface area contributed by atoms with Crippen molar-refractivity contribution in [2.45, 2.75) is 25.5 Å². The second kappa shape index (κ2) is 8.97. The van der Waals surface area contributed by atoms with Gasteiger partial charge in [0.25, 0.3) is 0 Å². The number of ether oxygens (including phenoxy) is 1. The lowest BCUT2D eigenvalue weighted by atomic mass is 10.1. The highest BCUT2D eigenvalue weighted by Crippen LogP contribution is 2.18. The second-order valence-corrected chi connectivity index (χ2v) is 7.23. The minimum Gasteiger partial charge on any atom is -0.458 e. The van der Waals surface area contributed by atoms with Gasteiger partial charge in [-0.15, -0.1) is 0 Å². The lowest BCUT2D eigenvalue weighted by Crippen LogP contribution is -2.39. The number of benzene rings is 2. The Morgan fingerprint density at radius 1 is 1.20 bits per heavy atom. The molecule has 1 aliphatic heterocycles. The molecule has 3 nitrogen and oxygen atoms in total. The summed E-state index contributed by atoms with van der Waals surface area (Å²) in [6.45, 7) is 2.71. The molecule has 0 N–H and O–H groups in total. The highest BCUT2D eigenvalue weighted by atomic mass is 79.9. The molecule has 2 aromatic rings. The van der Waals surface area contributed by atoms with E-state index in [2.05, 4.69) is 39.0 Å². The summed E-state index contributed by atoms with van der Waals surface area (Å²) in [6, 6.07) is 18.1. The van der Waals surface area contributed by atoms with E-state index in [4.69, 9.17) is 4.74 Å².